The molecular formula is C19H23ClN3O10P. The SMILES string of the molecule is C[C@@H](C=O)NP(=O)(Oc1ccc(Cl)cc1)OC(O)(O)C1C[C@H](C)[C@H](n2cc(O)c(=O)[nH]c2=O)O1. The van der Waals surface area contributed by atoms with E-state index in [1.54, 1.807) is 6.92 Å². The lowest BCUT2D eigenvalue weighted by Crippen LogP contribution is -2.46. The van der Waals surface area contributed by atoms with Crippen LogP contribution in [0.2, 0.25) is 5.02 Å². The molecule has 0 aliphatic carbocycles. The van der Waals surface area contributed by atoms with E-state index < -0.39 is 55.0 Å². The molecule has 0 amide bonds. The maximum atomic E-state index is 13.3. The summed E-state index contributed by atoms with van der Waals surface area (Å²) in [7, 11) is -4.60. The lowest BCUT2D eigenvalue weighted by atomic mass is 10.0. The minimum absolute atomic E-state index is 0.0111. The fourth-order valence-electron chi connectivity index (χ4n) is 3.28. The summed E-state index contributed by atoms with van der Waals surface area (Å²) in [5.41, 5.74) is -1.90. The van der Waals surface area contributed by atoms with Gasteiger partial charge in [-0.15, -0.1) is 0 Å². The average molecular weight is 520 g/mol. The first kappa shape index (κ1) is 26.1. The average Bonchev–Trinajstić information content (AvgIpc) is 3.14. The van der Waals surface area contributed by atoms with Crippen LogP contribution in [0, 0.1) is 5.92 Å². The minimum Gasteiger partial charge on any atom is -0.502 e. The van der Waals surface area contributed by atoms with E-state index in [4.69, 9.17) is 25.4 Å². The summed E-state index contributed by atoms with van der Waals surface area (Å²) in [4.78, 5) is 36.5. The predicted molar refractivity (Wildman–Crippen MR) is 117 cm³/mol. The smallest absolute Gasteiger partial charge is 0.463 e. The molecule has 2 unspecified atom stereocenters. The standard InChI is InChI=1S/C19H23ClN3O10P/c1-10-7-15(31-17(10)23-8-14(25)16(26)21-18(23)27)19(28,29)33-34(30,22-11(2)9-24)32-13-5-3-12(20)4-6-13/h3-6,8-11,15,17,25,28-29H,7H2,1-2H3,(H,22,30)(H,21,26,27)/t10-,11-,15?,17+,34?/m0/s1. The van der Waals surface area contributed by atoms with E-state index in [-0.39, 0.29) is 12.2 Å². The zero-order valence-electron chi connectivity index (χ0n) is 18.0. The van der Waals surface area contributed by atoms with Crippen molar-refractivity contribution < 1.29 is 38.5 Å². The van der Waals surface area contributed by atoms with E-state index in [9.17, 15) is 34.3 Å². The van der Waals surface area contributed by atoms with Gasteiger partial charge in [-0.25, -0.2) is 19.0 Å². The van der Waals surface area contributed by atoms with Gasteiger partial charge in [0.2, 0.25) is 0 Å². The van der Waals surface area contributed by atoms with Crippen molar-refractivity contribution >= 4 is 25.6 Å². The number of rotatable bonds is 9. The summed E-state index contributed by atoms with van der Waals surface area (Å²) in [6, 6.07) is 4.49. The van der Waals surface area contributed by atoms with E-state index in [0.29, 0.717) is 11.3 Å². The highest BCUT2D eigenvalue weighted by molar-refractivity contribution is 7.52. The van der Waals surface area contributed by atoms with Crippen LogP contribution >= 0.6 is 19.3 Å². The molecule has 5 N–H and O–H groups in total. The molecule has 5 atom stereocenters. The highest BCUT2D eigenvalue weighted by Crippen LogP contribution is 2.50. The van der Waals surface area contributed by atoms with Gasteiger partial charge in [0.25, 0.3) is 5.56 Å². The molecule has 2 aromatic rings. The summed E-state index contributed by atoms with van der Waals surface area (Å²) < 4.78 is 30.1. The first-order chi connectivity index (χ1) is 15.8. The normalized spacial score (nSPS) is 23.3. The molecule has 3 rings (SSSR count). The number of nitrogens with one attached hydrogen (secondary N) is 2. The van der Waals surface area contributed by atoms with E-state index in [1.807, 2.05) is 4.98 Å². The third kappa shape index (κ3) is 5.94. The molecule has 1 saturated heterocycles. The number of benzene rings is 1. The molecule has 1 aliphatic rings. The number of carbonyl (C=O) groups excluding carboxylic acids is 1. The second-order valence-electron chi connectivity index (χ2n) is 7.76. The van der Waals surface area contributed by atoms with Gasteiger partial charge in [-0.3, -0.25) is 14.3 Å². The summed E-state index contributed by atoms with van der Waals surface area (Å²) >= 11 is 5.82. The summed E-state index contributed by atoms with van der Waals surface area (Å²) in [5.74, 6) is -4.52. The molecule has 0 radical (unpaired) electrons. The third-order valence-electron chi connectivity index (χ3n) is 4.88. The van der Waals surface area contributed by atoms with Crippen molar-refractivity contribution in [2.75, 3.05) is 0 Å². The van der Waals surface area contributed by atoms with Crippen LogP contribution in [0.15, 0.2) is 40.1 Å². The van der Waals surface area contributed by atoms with Crippen LogP contribution in [0.3, 0.4) is 0 Å². The fraction of sp³-hybridized carbons (Fsp3) is 0.421. The first-order valence-electron chi connectivity index (χ1n) is 9.97. The van der Waals surface area contributed by atoms with Crippen LogP contribution < -0.4 is 20.9 Å². The van der Waals surface area contributed by atoms with Crippen LogP contribution in [0.5, 0.6) is 11.5 Å². The third-order valence-corrected chi connectivity index (χ3v) is 6.81. The van der Waals surface area contributed by atoms with Crippen molar-refractivity contribution in [1.82, 2.24) is 14.6 Å². The Hall–Kier alpha value is -2.51. The van der Waals surface area contributed by atoms with Crippen LogP contribution in [0.25, 0.3) is 0 Å². The summed E-state index contributed by atoms with van der Waals surface area (Å²) in [6.07, 6.45) is -1.54. The van der Waals surface area contributed by atoms with E-state index in [2.05, 4.69) is 5.09 Å². The van der Waals surface area contributed by atoms with E-state index >= 15 is 0 Å². The number of H-pyrrole nitrogens is 1. The van der Waals surface area contributed by atoms with Crippen LogP contribution in [0.4, 0.5) is 0 Å². The van der Waals surface area contributed by atoms with Crippen molar-refractivity contribution in [2.45, 2.75) is 44.6 Å². The number of aromatic hydroxyl groups is 1. The molecule has 186 valence electrons. The van der Waals surface area contributed by atoms with Crippen LogP contribution in [0.1, 0.15) is 26.5 Å². The maximum Gasteiger partial charge on any atom is 0.463 e. The second-order valence-corrected chi connectivity index (χ2v) is 9.81. The number of aromatic nitrogens is 2. The Morgan fingerprint density at radius 1 is 1.35 bits per heavy atom. The molecule has 1 aliphatic heterocycles. The maximum absolute atomic E-state index is 13.3. The molecule has 0 bridgehead atoms. The largest absolute Gasteiger partial charge is 0.502 e. The Morgan fingerprint density at radius 3 is 2.62 bits per heavy atom. The number of hydrogen-bond donors (Lipinski definition) is 5. The van der Waals surface area contributed by atoms with Gasteiger partial charge in [0.1, 0.15) is 24.4 Å². The van der Waals surface area contributed by atoms with Gasteiger partial charge in [-0.05, 0) is 37.6 Å². The van der Waals surface area contributed by atoms with Crippen molar-refractivity contribution in [3.05, 3.63) is 56.3 Å². The van der Waals surface area contributed by atoms with Gasteiger partial charge in [0, 0.05) is 10.9 Å². The van der Waals surface area contributed by atoms with Gasteiger partial charge < -0.3 is 29.4 Å². The number of halogens is 1. The number of carbonyl (C=O) groups is 1. The van der Waals surface area contributed by atoms with Gasteiger partial charge >= 0.3 is 19.4 Å². The Balaban J connectivity index is 1.85. The first-order valence-corrected chi connectivity index (χ1v) is 11.9. The summed E-state index contributed by atoms with van der Waals surface area (Å²) in [5, 5.41) is 33.5. The number of aldehydes is 1. The van der Waals surface area contributed by atoms with Gasteiger partial charge in [-0.1, -0.05) is 18.5 Å². The Labute approximate surface area is 197 Å². The molecular weight excluding hydrogens is 497 g/mol. The molecule has 1 fully saturated rings. The molecule has 15 heteroatoms. The van der Waals surface area contributed by atoms with Crippen LogP contribution in [-0.2, 0) is 18.6 Å². The number of hydrogen-bond acceptors (Lipinski definition) is 10. The molecule has 1 aromatic heterocycles. The molecule has 2 heterocycles. The Bertz CT molecular complexity index is 1200. The van der Waals surface area contributed by atoms with E-state index in [0.717, 1.165) is 10.8 Å². The molecule has 1 aromatic carbocycles. The minimum atomic E-state index is -4.60. The molecule has 0 spiro atoms. The van der Waals surface area contributed by atoms with Crippen molar-refractivity contribution in [3.63, 3.8) is 0 Å². The number of nitrogens with zero attached hydrogens (tertiary/aromatic N) is 1. The molecule has 34 heavy (non-hydrogen) atoms. The lowest BCUT2D eigenvalue weighted by Gasteiger charge is -2.31. The van der Waals surface area contributed by atoms with Crippen molar-refractivity contribution in [2.24, 2.45) is 5.92 Å². The zero-order valence-corrected chi connectivity index (χ0v) is 19.6. The van der Waals surface area contributed by atoms with Crippen molar-refractivity contribution in [3.8, 4) is 11.5 Å². The topological polar surface area (TPSA) is 189 Å². The predicted octanol–water partition coefficient (Wildman–Crippen LogP) is 0.838. The van der Waals surface area contributed by atoms with Gasteiger partial charge in [0.05, 0.1) is 12.2 Å². The second kappa shape index (κ2) is 10.0. The van der Waals surface area contributed by atoms with Crippen molar-refractivity contribution in [1.29, 1.82) is 0 Å². The quantitative estimate of drug-likeness (QED) is 0.179. The van der Waals surface area contributed by atoms with Gasteiger partial charge in [-0.2, -0.15) is 0 Å². The fourth-order valence-corrected chi connectivity index (χ4v) is 4.98. The highest BCUT2D eigenvalue weighted by atomic mass is 35.5. The Morgan fingerprint density at radius 2 is 2.00 bits per heavy atom. The highest BCUT2D eigenvalue weighted by Gasteiger charge is 2.51. The summed E-state index contributed by atoms with van der Waals surface area (Å²) in [6.45, 7) is 2.94. The Kier molecular flexibility index (Phi) is 7.68. The lowest BCUT2D eigenvalue weighted by molar-refractivity contribution is -0.346. The monoisotopic (exact) mass is 519 g/mol. The number of aromatic amines is 1. The van der Waals surface area contributed by atoms with Gasteiger partial charge in [0.15, 0.2) is 5.75 Å². The zero-order chi connectivity index (χ0) is 25.3. The number of aliphatic hydroxyl groups is 2. The number of ether oxygens (including phenoxy) is 1. The van der Waals surface area contributed by atoms with Crippen LogP contribution in [-0.4, -0.2) is 49.3 Å². The molecule has 0 saturated carbocycles. The molecule has 13 nitrogen and oxygen atoms in total. The van der Waals surface area contributed by atoms with E-state index in [1.165, 1.54) is 31.2 Å².